The third-order valence-corrected chi connectivity index (χ3v) is 4.07. The van der Waals surface area contributed by atoms with Crippen LogP contribution in [-0.4, -0.2) is 32.2 Å². The molecule has 0 aliphatic carbocycles. The summed E-state index contributed by atoms with van der Waals surface area (Å²) in [6.07, 6.45) is -2.82. The monoisotopic (exact) mass is 315 g/mol. The van der Waals surface area contributed by atoms with Gasteiger partial charge in [0.2, 0.25) is 0 Å². The normalized spacial score (nSPS) is 15.1. The van der Waals surface area contributed by atoms with Gasteiger partial charge in [-0.2, -0.15) is 13.2 Å². The molecule has 0 amide bonds. The number of nitrogens with zero attached hydrogens (tertiary/aromatic N) is 2. The number of anilines is 1. The third-order valence-electron chi connectivity index (χ3n) is 3.03. The molecular weight excluding hydrogens is 299 g/mol. The number of rotatable bonds is 4. The van der Waals surface area contributed by atoms with Gasteiger partial charge in [0.25, 0.3) is 0 Å². The fraction of sp³-hybridized carbons (Fsp3) is 0.357. The van der Waals surface area contributed by atoms with Crippen molar-refractivity contribution in [2.24, 2.45) is 4.99 Å². The molecule has 1 aromatic carbocycles. The van der Waals surface area contributed by atoms with E-state index in [1.807, 2.05) is 4.90 Å². The van der Waals surface area contributed by atoms with Gasteiger partial charge < -0.3 is 10.2 Å². The maximum Gasteiger partial charge on any atom is 0.416 e. The van der Waals surface area contributed by atoms with Gasteiger partial charge >= 0.3 is 6.18 Å². The summed E-state index contributed by atoms with van der Waals surface area (Å²) in [5.41, 5.74) is 0.677. The standard InChI is InChI=1S/C14H16F3N3S/c1-10(19-9-18-2)8-20-5-6-21-13-4-3-11(7-12(13)20)14(15,16)17/h3-4,7,9H,1,5-6,8H2,2H3,(H,18,19). The Morgan fingerprint density at radius 3 is 2.95 bits per heavy atom. The molecule has 1 aromatic rings. The number of hydrogen-bond acceptors (Lipinski definition) is 3. The molecule has 0 unspecified atom stereocenters. The summed E-state index contributed by atoms with van der Waals surface area (Å²) in [6, 6.07) is 3.88. The Kier molecular flexibility index (Phi) is 4.82. The van der Waals surface area contributed by atoms with E-state index in [0.717, 1.165) is 16.7 Å². The number of thioether (sulfide) groups is 1. The summed E-state index contributed by atoms with van der Waals surface area (Å²) in [5.74, 6) is 0.841. The van der Waals surface area contributed by atoms with E-state index in [4.69, 9.17) is 0 Å². The van der Waals surface area contributed by atoms with Gasteiger partial charge in [-0.3, -0.25) is 4.99 Å². The number of alkyl halides is 3. The van der Waals surface area contributed by atoms with Gasteiger partial charge in [-0.15, -0.1) is 11.8 Å². The van der Waals surface area contributed by atoms with Crippen molar-refractivity contribution < 1.29 is 13.2 Å². The van der Waals surface area contributed by atoms with E-state index in [0.29, 0.717) is 24.5 Å². The van der Waals surface area contributed by atoms with Crippen molar-refractivity contribution in [2.45, 2.75) is 11.1 Å². The first-order valence-corrected chi connectivity index (χ1v) is 7.34. The minimum atomic E-state index is -4.33. The molecule has 1 aliphatic rings. The second kappa shape index (κ2) is 6.43. The SMILES string of the molecule is C=C(CN1CCSc2ccc(C(F)(F)F)cc21)NC=NC. The molecule has 0 atom stereocenters. The Balaban J connectivity index is 2.22. The molecule has 2 rings (SSSR count). The molecule has 0 bridgehead atoms. The van der Waals surface area contributed by atoms with Crippen molar-refractivity contribution >= 4 is 23.8 Å². The minimum absolute atomic E-state index is 0.445. The van der Waals surface area contributed by atoms with Crippen LogP contribution in [0.3, 0.4) is 0 Å². The smallest absolute Gasteiger partial charge is 0.364 e. The van der Waals surface area contributed by atoms with Gasteiger partial charge in [-0.05, 0) is 18.2 Å². The van der Waals surface area contributed by atoms with E-state index in [1.165, 1.54) is 12.4 Å². The van der Waals surface area contributed by atoms with Gasteiger partial charge in [0.05, 0.1) is 24.1 Å². The van der Waals surface area contributed by atoms with Crippen LogP contribution in [0.2, 0.25) is 0 Å². The molecule has 0 saturated carbocycles. The summed E-state index contributed by atoms with van der Waals surface area (Å²) in [4.78, 5) is 6.56. The molecule has 3 nitrogen and oxygen atoms in total. The van der Waals surface area contributed by atoms with E-state index >= 15 is 0 Å². The molecule has 0 saturated heterocycles. The Hall–Kier alpha value is -1.63. The lowest BCUT2D eigenvalue weighted by Gasteiger charge is -2.32. The summed E-state index contributed by atoms with van der Waals surface area (Å²) < 4.78 is 38.5. The van der Waals surface area contributed by atoms with Crippen LogP contribution in [0.4, 0.5) is 18.9 Å². The van der Waals surface area contributed by atoms with Crippen LogP contribution in [0.15, 0.2) is 40.4 Å². The van der Waals surface area contributed by atoms with E-state index < -0.39 is 11.7 Å². The summed E-state index contributed by atoms with van der Waals surface area (Å²) in [6.45, 7) is 4.99. The zero-order valence-corrected chi connectivity index (χ0v) is 12.4. The van der Waals surface area contributed by atoms with Crippen LogP contribution in [0.25, 0.3) is 0 Å². The van der Waals surface area contributed by atoms with E-state index in [1.54, 1.807) is 24.9 Å². The Bertz CT molecular complexity index is 555. The predicted octanol–water partition coefficient (Wildman–Crippen LogP) is 3.38. The summed E-state index contributed by atoms with van der Waals surface area (Å²) in [7, 11) is 1.63. The second-order valence-corrected chi connectivity index (χ2v) is 5.72. The number of halogens is 3. The van der Waals surface area contributed by atoms with Crippen LogP contribution in [-0.2, 0) is 6.18 Å². The molecular formula is C14H16F3N3S. The molecule has 0 radical (unpaired) electrons. The number of hydrogen-bond donors (Lipinski definition) is 1. The molecule has 0 fully saturated rings. The molecule has 0 aromatic heterocycles. The highest BCUT2D eigenvalue weighted by atomic mass is 32.2. The van der Waals surface area contributed by atoms with Crippen molar-refractivity contribution in [3.63, 3.8) is 0 Å². The quantitative estimate of drug-likeness (QED) is 0.682. The van der Waals surface area contributed by atoms with Gasteiger partial charge in [-0.25, -0.2) is 0 Å². The first-order valence-electron chi connectivity index (χ1n) is 6.36. The minimum Gasteiger partial charge on any atom is -0.364 e. The highest BCUT2D eigenvalue weighted by molar-refractivity contribution is 7.99. The number of nitrogens with one attached hydrogen (secondary N) is 1. The third kappa shape index (κ3) is 3.93. The maximum atomic E-state index is 12.8. The Labute approximate surface area is 125 Å². The van der Waals surface area contributed by atoms with Gasteiger partial charge in [0.1, 0.15) is 0 Å². The summed E-state index contributed by atoms with van der Waals surface area (Å²) >= 11 is 1.57. The molecule has 7 heteroatoms. The highest BCUT2D eigenvalue weighted by Gasteiger charge is 2.32. The van der Waals surface area contributed by atoms with Crippen LogP contribution >= 0.6 is 11.8 Å². The van der Waals surface area contributed by atoms with Crippen molar-refractivity contribution in [1.29, 1.82) is 0 Å². The van der Waals surface area contributed by atoms with Gasteiger partial charge in [-0.1, -0.05) is 6.58 Å². The highest BCUT2D eigenvalue weighted by Crippen LogP contribution is 2.39. The van der Waals surface area contributed by atoms with Crippen molar-refractivity contribution in [1.82, 2.24) is 5.32 Å². The van der Waals surface area contributed by atoms with Crippen molar-refractivity contribution in [2.75, 3.05) is 30.8 Å². The molecule has 21 heavy (non-hydrogen) atoms. The molecule has 1 heterocycles. The van der Waals surface area contributed by atoms with Crippen LogP contribution in [0.1, 0.15) is 5.56 Å². The average Bonchev–Trinajstić information content (AvgIpc) is 2.44. The lowest BCUT2D eigenvalue weighted by molar-refractivity contribution is -0.137. The first-order chi connectivity index (χ1) is 9.91. The lowest BCUT2D eigenvalue weighted by Crippen LogP contribution is -2.34. The topological polar surface area (TPSA) is 27.6 Å². The Morgan fingerprint density at radius 2 is 2.29 bits per heavy atom. The summed E-state index contributed by atoms with van der Waals surface area (Å²) in [5, 5.41) is 2.90. The molecule has 1 N–H and O–H groups in total. The Morgan fingerprint density at radius 1 is 1.52 bits per heavy atom. The van der Waals surface area contributed by atoms with E-state index in [2.05, 4.69) is 16.9 Å². The number of fused-ring (bicyclic) bond motifs is 1. The fourth-order valence-corrected chi connectivity index (χ4v) is 3.08. The second-order valence-electron chi connectivity index (χ2n) is 4.59. The van der Waals surface area contributed by atoms with Crippen LogP contribution in [0.5, 0.6) is 0 Å². The fourth-order valence-electron chi connectivity index (χ4n) is 2.05. The van der Waals surface area contributed by atoms with Crippen LogP contribution in [0, 0.1) is 0 Å². The maximum absolute atomic E-state index is 12.8. The predicted molar refractivity (Wildman–Crippen MR) is 81.1 cm³/mol. The zero-order valence-electron chi connectivity index (χ0n) is 11.6. The van der Waals surface area contributed by atoms with Gasteiger partial charge in [0, 0.05) is 29.9 Å². The largest absolute Gasteiger partial charge is 0.416 e. The average molecular weight is 315 g/mol. The van der Waals surface area contributed by atoms with Crippen LogP contribution < -0.4 is 10.2 Å². The number of benzene rings is 1. The first kappa shape index (κ1) is 15.8. The zero-order chi connectivity index (χ0) is 15.5. The molecule has 114 valence electrons. The van der Waals surface area contributed by atoms with Gasteiger partial charge in [0.15, 0.2) is 0 Å². The molecule has 1 aliphatic heterocycles. The number of aliphatic imine (C=N–C) groups is 1. The van der Waals surface area contributed by atoms with E-state index in [9.17, 15) is 13.2 Å². The van der Waals surface area contributed by atoms with E-state index in [-0.39, 0.29) is 0 Å². The van der Waals surface area contributed by atoms with Crippen molar-refractivity contribution in [3.05, 3.63) is 36.0 Å². The lowest BCUT2D eigenvalue weighted by atomic mass is 10.1. The molecule has 0 spiro atoms. The van der Waals surface area contributed by atoms with Crippen molar-refractivity contribution in [3.8, 4) is 0 Å².